The van der Waals surface area contributed by atoms with Crippen LogP contribution in [-0.4, -0.2) is 14.5 Å². The zero-order valence-corrected chi connectivity index (χ0v) is 14.4. The number of hydrogen-bond acceptors (Lipinski definition) is 3. The van der Waals surface area contributed by atoms with Gasteiger partial charge in [-0.2, -0.15) is 8.78 Å². The second-order valence-electron chi connectivity index (χ2n) is 5.45. The molecule has 0 aliphatic carbocycles. The van der Waals surface area contributed by atoms with E-state index in [0.717, 1.165) is 21.0 Å². The quantitative estimate of drug-likeness (QED) is 0.327. The molecule has 126 valence electrons. The van der Waals surface area contributed by atoms with E-state index >= 15 is 0 Å². The molecular formula is C18H12ClF2N3S. The van der Waals surface area contributed by atoms with Gasteiger partial charge < -0.3 is 0 Å². The van der Waals surface area contributed by atoms with Gasteiger partial charge in [0.2, 0.25) is 0 Å². The van der Waals surface area contributed by atoms with Crippen LogP contribution < -0.4 is 0 Å². The molecular weight excluding hydrogens is 364 g/mol. The Morgan fingerprint density at radius 1 is 1.00 bits per heavy atom. The second-order valence-corrected chi connectivity index (χ2v) is 6.75. The average molecular weight is 376 g/mol. The van der Waals surface area contributed by atoms with E-state index in [4.69, 9.17) is 11.6 Å². The molecule has 0 spiro atoms. The van der Waals surface area contributed by atoms with Crippen LogP contribution in [0.2, 0.25) is 5.15 Å². The maximum Gasteiger partial charge on any atom is 0.321 e. The average Bonchev–Trinajstić information content (AvgIpc) is 2.98. The lowest BCUT2D eigenvalue weighted by molar-refractivity contribution is 0.0656. The number of fused-ring (bicyclic) bond motifs is 2. The van der Waals surface area contributed by atoms with E-state index in [1.807, 2.05) is 30.3 Å². The summed E-state index contributed by atoms with van der Waals surface area (Å²) in [4.78, 5) is 8.69. The molecule has 4 rings (SSSR count). The van der Waals surface area contributed by atoms with Crippen molar-refractivity contribution in [3.63, 3.8) is 0 Å². The van der Waals surface area contributed by atoms with E-state index < -0.39 is 6.55 Å². The standard InChI is InChI=1S/C18H12ClF2N3S/c19-16-12(9-11-5-1-2-6-13(11)22-16)10-25-18-23-14-7-3-4-8-15(14)24(18)17(20)21/h1-9,17H,10H2. The highest BCUT2D eigenvalue weighted by molar-refractivity contribution is 7.98. The number of halogens is 3. The molecule has 0 bridgehead atoms. The third kappa shape index (κ3) is 3.07. The maximum absolute atomic E-state index is 13.5. The molecule has 0 saturated heterocycles. The van der Waals surface area contributed by atoms with Gasteiger partial charge >= 0.3 is 6.55 Å². The molecule has 0 atom stereocenters. The number of alkyl halides is 2. The summed E-state index contributed by atoms with van der Waals surface area (Å²) in [6, 6.07) is 16.5. The zero-order valence-electron chi connectivity index (χ0n) is 12.9. The highest BCUT2D eigenvalue weighted by atomic mass is 35.5. The van der Waals surface area contributed by atoms with Gasteiger partial charge in [-0.15, -0.1) is 0 Å². The number of hydrogen-bond donors (Lipinski definition) is 0. The Morgan fingerprint density at radius 3 is 2.52 bits per heavy atom. The Bertz CT molecular complexity index is 1060. The van der Waals surface area contributed by atoms with Crippen molar-refractivity contribution in [3.8, 4) is 0 Å². The SMILES string of the molecule is FC(F)n1c(SCc2cc3ccccc3nc2Cl)nc2ccccc21. The van der Waals surface area contributed by atoms with Crippen molar-refractivity contribution in [2.24, 2.45) is 0 Å². The number of para-hydroxylation sites is 3. The molecule has 0 saturated carbocycles. The second kappa shape index (κ2) is 6.61. The number of benzene rings is 2. The molecule has 2 heterocycles. The Balaban J connectivity index is 1.69. The lowest BCUT2D eigenvalue weighted by Gasteiger charge is -2.08. The van der Waals surface area contributed by atoms with Crippen LogP contribution in [0.5, 0.6) is 0 Å². The number of nitrogens with zero attached hydrogens (tertiary/aromatic N) is 3. The smallest absolute Gasteiger partial charge is 0.261 e. The number of rotatable bonds is 4. The van der Waals surface area contributed by atoms with Crippen LogP contribution in [0.15, 0.2) is 59.8 Å². The Morgan fingerprint density at radius 2 is 1.72 bits per heavy atom. The van der Waals surface area contributed by atoms with Gasteiger partial charge in [0, 0.05) is 16.7 Å². The molecule has 0 aliphatic rings. The van der Waals surface area contributed by atoms with Crippen LogP contribution >= 0.6 is 23.4 Å². The zero-order chi connectivity index (χ0) is 17.4. The van der Waals surface area contributed by atoms with E-state index in [0.29, 0.717) is 21.9 Å². The Labute approximate surface area is 151 Å². The lowest BCUT2D eigenvalue weighted by Crippen LogP contribution is -2.00. The molecule has 4 aromatic rings. The van der Waals surface area contributed by atoms with Crippen LogP contribution in [0.1, 0.15) is 12.1 Å². The van der Waals surface area contributed by atoms with Gasteiger partial charge in [-0.1, -0.05) is 53.7 Å². The summed E-state index contributed by atoms with van der Waals surface area (Å²) in [5.41, 5.74) is 2.56. The normalized spacial score (nSPS) is 11.7. The molecule has 0 unspecified atom stereocenters. The summed E-state index contributed by atoms with van der Waals surface area (Å²) in [5, 5.41) is 1.61. The van der Waals surface area contributed by atoms with Gasteiger partial charge in [-0.05, 0) is 24.3 Å². The summed E-state index contributed by atoms with van der Waals surface area (Å²) in [6.07, 6.45) is 0. The van der Waals surface area contributed by atoms with E-state index in [1.165, 1.54) is 11.8 Å². The van der Waals surface area contributed by atoms with Crippen LogP contribution in [0.4, 0.5) is 8.78 Å². The minimum atomic E-state index is -2.65. The summed E-state index contributed by atoms with van der Waals surface area (Å²) < 4.78 is 27.9. The highest BCUT2D eigenvalue weighted by Crippen LogP contribution is 2.32. The Hall–Kier alpha value is -2.18. The van der Waals surface area contributed by atoms with Crippen LogP contribution in [0, 0.1) is 0 Å². The molecule has 0 N–H and O–H groups in total. The van der Waals surface area contributed by atoms with E-state index in [2.05, 4.69) is 9.97 Å². The topological polar surface area (TPSA) is 30.7 Å². The molecule has 2 aromatic carbocycles. The van der Waals surface area contributed by atoms with Crippen molar-refractivity contribution in [3.05, 3.63) is 65.3 Å². The molecule has 3 nitrogen and oxygen atoms in total. The summed E-state index contributed by atoms with van der Waals surface area (Å²) in [5.74, 6) is 0.409. The number of thioether (sulfide) groups is 1. The van der Waals surface area contributed by atoms with E-state index in [-0.39, 0.29) is 5.16 Å². The van der Waals surface area contributed by atoms with Gasteiger partial charge in [0.15, 0.2) is 5.16 Å². The predicted molar refractivity (Wildman–Crippen MR) is 97.3 cm³/mol. The first kappa shape index (κ1) is 16.3. The van der Waals surface area contributed by atoms with Gasteiger partial charge in [-0.3, -0.25) is 4.57 Å². The van der Waals surface area contributed by atoms with E-state index in [9.17, 15) is 8.78 Å². The monoisotopic (exact) mass is 375 g/mol. The van der Waals surface area contributed by atoms with Crippen LogP contribution in [0.3, 0.4) is 0 Å². The van der Waals surface area contributed by atoms with Crippen molar-refractivity contribution in [1.82, 2.24) is 14.5 Å². The first-order valence-electron chi connectivity index (χ1n) is 7.55. The third-order valence-electron chi connectivity index (χ3n) is 3.87. The van der Waals surface area contributed by atoms with Gasteiger partial charge in [-0.25, -0.2) is 9.97 Å². The fraction of sp³-hybridized carbons (Fsp3) is 0.111. The first-order chi connectivity index (χ1) is 12.1. The molecule has 0 amide bonds. The molecule has 7 heteroatoms. The van der Waals surface area contributed by atoms with Crippen molar-refractivity contribution in [2.75, 3.05) is 0 Å². The fourth-order valence-electron chi connectivity index (χ4n) is 2.69. The largest absolute Gasteiger partial charge is 0.321 e. The lowest BCUT2D eigenvalue weighted by atomic mass is 10.2. The maximum atomic E-state index is 13.5. The summed E-state index contributed by atoms with van der Waals surface area (Å²) >= 11 is 7.48. The number of imidazole rings is 1. The Kier molecular flexibility index (Phi) is 4.31. The van der Waals surface area contributed by atoms with Crippen molar-refractivity contribution < 1.29 is 8.78 Å². The van der Waals surface area contributed by atoms with E-state index in [1.54, 1.807) is 24.3 Å². The fourth-order valence-corrected chi connectivity index (χ4v) is 3.97. The summed E-state index contributed by atoms with van der Waals surface area (Å²) in [6.45, 7) is -2.65. The third-order valence-corrected chi connectivity index (χ3v) is 5.19. The minimum absolute atomic E-state index is 0.264. The van der Waals surface area contributed by atoms with Crippen LogP contribution in [-0.2, 0) is 5.75 Å². The van der Waals surface area contributed by atoms with Gasteiger partial charge in [0.1, 0.15) is 5.15 Å². The van der Waals surface area contributed by atoms with Crippen molar-refractivity contribution >= 4 is 45.3 Å². The highest BCUT2D eigenvalue weighted by Gasteiger charge is 2.18. The summed E-state index contributed by atoms with van der Waals surface area (Å²) in [7, 11) is 0. The molecule has 0 aliphatic heterocycles. The first-order valence-corrected chi connectivity index (χ1v) is 8.92. The molecule has 0 fully saturated rings. The van der Waals surface area contributed by atoms with Crippen molar-refractivity contribution in [1.29, 1.82) is 0 Å². The molecule has 2 aromatic heterocycles. The van der Waals surface area contributed by atoms with Gasteiger partial charge in [0.25, 0.3) is 0 Å². The van der Waals surface area contributed by atoms with Crippen molar-refractivity contribution in [2.45, 2.75) is 17.5 Å². The molecule has 0 radical (unpaired) electrons. The minimum Gasteiger partial charge on any atom is -0.261 e. The van der Waals surface area contributed by atoms with Gasteiger partial charge in [0.05, 0.1) is 16.6 Å². The number of aromatic nitrogens is 3. The number of pyridine rings is 1. The predicted octanol–water partition coefficient (Wildman–Crippen LogP) is 5.93. The molecule has 25 heavy (non-hydrogen) atoms. The van der Waals surface area contributed by atoms with Crippen LogP contribution in [0.25, 0.3) is 21.9 Å².